The van der Waals surface area contributed by atoms with E-state index in [1.165, 1.54) is 7.11 Å². The Morgan fingerprint density at radius 2 is 1.96 bits per heavy atom. The second kappa shape index (κ2) is 9.06. The number of carboxylic acid groups (broad SMARTS) is 1. The summed E-state index contributed by atoms with van der Waals surface area (Å²) in [4.78, 5) is 24.3. The number of fused-ring (bicyclic) bond motifs is 1. The number of hydrogen-bond acceptors (Lipinski definition) is 7. The zero-order valence-electron chi connectivity index (χ0n) is 14.4. The van der Waals surface area contributed by atoms with Crippen LogP contribution in [0.25, 0.3) is 11.2 Å². The lowest BCUT2D eigenvalue weighted by molar-refractivity contribution is -0.192. The molecule has 2 aromatic rings. The summed E-state index contributed by atoms with van der Waals surface area (Å²) < 4.78 is 42.4. The van der Waals surface area contributed by atoms with Crippen LogP contribution in [0.3, 0.4) is 0 Å². The molecule has 1 atom stereocenters. The normalized spacial score (nSPS) is 12.2. The van der Waals surface area contributed by atoms with E-state index in [9.17, 15) is 13.2 Å². The Hall–Kier alpha value is -2.79. The first-order valence-electron chi connectivity index (χ1n) is 7.62. The van der Waals surface area contributed by atoms with Crippen LogP contribution < -0.4 is 15.2 Å². The molecule has 0 saturated heterocycles. The van der Waals surface area contributed by atoms with Crippen LogP contribution in [0, 0.1) is 0 Å². The van der Waals surface area contributed by atoms with Crippen molar-refractivity contribution in [2.24, 2.45) is 0 Å². The van der Waals surface area contributed by atoms with E-state index in [0.717, 1.165) is 19.3 Å². The zero-order chi connectivity index (χ0) is 19.9. The minimum Gasteiger partial charge on any atom is -0.475 e. The van der Waals surface area contributed by atoms with Crippen molar-refractivity contribution in [3.63, 3.8) is 0 Å². The average Bonchev–Trinajstić information content (AvgIpc) is 2.96. The van der Waals surface area contributed by atoms with Crippen molar-refractivity contribution in [1.29, 1.82) is 0 Å². The molecule has 0 radical (unpaired) electrons. The van der Waals surface area contributed by atoms with E-state index in [2.05, 4.69) is 26.9 Å². The van der Waals surface area contributed by atoms with Gasteiger partial charge < -0.3 is 25.3 Å². The number of ether oxygens (including phenoxy) is 2. The summed E-state index contributed by atoms with van der Waals surface area (Å²) in [6.45, 7) is 4.13. The van der Waals surface area contributed by atoms with Gasteiger partial charge in [0.25, 0.3) is 6.01 Å². The molecule has 0 unspecified atom stereocenters. The summed E-state index contributed by atoms with van der Waals surface area (Å²) in [5.41, 5.74) is 6.85. The van der Waals surface area contributed by atoms with Gasteiger partial charge in [0.1, 0.15) is 5.52 Å². The largest absolute Gasteiger partial charge is 0.490 e. The second-order valence-electron chi connectivity index (χ2n) is 5.21. The average molecular weight is 379 g/mol. The minimum absolute atomic E-state index is 0.0534. The van der Waals surface area contributed by atoms with Crippen molar-refractivity contribution in [2.75, 3.05) is 12.8 Å². The van der Waals surface area contributed by atoms with Crippen LogP contribution in [-0.2, 0) is 4.79 Å². The van der Waals surface area contributed by atoms with Gasteiger partial charge in [-0.1, -0.05) is 19.8 Å². The quantitative estimate of drug-likeness (QED) is 0.696. The molecule has 0 fully saturated rings. The van der Waals surface area contributed by atoms with Crippen LogP contribution >= 0.6 is 0 Å². The molecule has 0 bridgehead atoms. The third kappa shape index (κ3) is 6.26. The lowest BCUT2D eigenvalue weighted by Gasteiger charge is -2.12. The Kier molecular flexibility index (Phi) is 7.41. The molecule has 0 aromatic carbocycles. The molecular formula is C14H20F3N5O4. The maximum absolute atomic E-state index is 10.6. The number of methoxy groups -OCH3 is 1. The topological polar surface area (TPSA) is 136 Å². The van der Waals surface area contributed by atoms with Gasteiger partial charge in [-0.3, -0.25) is 0 Å². The van der Waals surface area contributed by atoms with Crippen molar-refractivity contribution in [2.45, 2.75) is 45.4 Å². The predicted octanol–water partition coefficient (Wildman–Crippen LogP) is 2.53. The first-order chi connectivity index (χ1) is 12.1. The Labute approximate surface area is 146 Å². The van der Waals surface area contributed by atoms with E-state index < -0.39 is 12.1 Å². The maximum Gasteiger partial charge on any atom is 0.490 e. The number of nitrogens with zero attached hydrogens (tertiary/aromatic N) is 3. The smallest absolute Gasteiger partial charge is 0.475 e. The number of unbranched alkanes of at least 4 members (excludes halogenated alkanes) is 1. The first-order valence-corrected chi connectivity index (χ1v) is 7.62. The number of H-pyrrole nitrogens is 1. The highest BCUT2D eigenvalue weighted by atomic mass is 19.4. The molecule has 0 amide bonds. The number of aromatic amines is 1. The van der Waals surface area contributed by atoms with Crippen molar-refractivity contribution >= 4 is 23.0 Å². The number of anilines is 1. The van der Waals surface area contributed by atoms with E-state index in [1.807, 2.05) is 6.92 Å². The fourth-order valence-electron chi connectivity index (χ4n) is 1.76. The molecule has 2 heterocycles. The molecule has 0 aliphatic heterocycles. The number of hydrogen-bond donors (Lipinski definition) is 3. The maximum atomic E-state index is 10.6. The van der Waals surface area contributed by atoms with Crippen molar-refractivity contribution in [3.05, 3.63) is 0 Å². The van der Waals surface area contributed by atoms with Crippen LogP contribution in [0.4, 0.5) is 19.0 Å². The third-order valence-corrected chi connectivity index (χ3v) is 3.04. The van der Waals surface area contributed by atoms with E-state index in [4.69, 9.17) is 25.1 Å². The summed E-state index contributed by atoms with van der Waals surface area (Å²) in [5.74, 6) is -2.45. The fraction of sp³-hybridized carbons (Fsp3) is 0.571. The van der Waals surface area contributed by atoms with Crippen LogP contribution in [0.2, 0.25) is 0 Å². The van der Waals surface area contributed by atoms with E-state index in [1.54, 1.807) is 0 Å². The summed E-state index contributed by atoms with van der Waals surface area (Å²) in [6.07, 6.45) is -1.83. The molecule has 2 rings (SSSR count). The van der Waals surface area contributed by atoms with Gasteiger partial charge in [0.15, 0.2) is 11.5 Å². The number of imidazole rings is 1. The fourth-order valence-corrected chi connectivity index (χ4v) is 1.76. The zero-order valence-corrected chi connectivity index (χ0v) is 14.4. The summed E-state index contributed by atoms with van der Waals surface area (Å²) >= 11 is 0. The minimum atomic E-state index is -5.08. The molecule has 146 valence electrons. The van der Waals surface area contributed by atoms with Crippen LogP contribution in [-0.4, -0.2) is 50.4 Å². The number of carbonyl (C=O) groups is 1. The molecule has 0 spiro atoms. The van der Waals surface area contributed by atoms with Gasteiger partial charge in [-0.05, 0) is 13.3 Å². The predicted molar refractivity (Wildman–Crippen MR) is 86.0 cm³/mol. The molecule has 26 heavy (non-hydrogen) atoms. The lowest BCUT2D eigenvalue weighted by Crippen LogP contribution is -2.21. The van der Waals surface area contributed by atoms with Gasteiger partial charge in [0, 0.05) is 0 Å². The lowest BCUT2D eigenvalue weighted by atomic mass is 10.2. The molecule has 0 aliphatic carbocycles. The number of rotatable bonds is 6. The van der Waals surface area contributed by atoms with E-state index >= 15 is 0 Å². The SMILES string of the molecule is CCCC[C@H](C)Oc1nc(N)c2[nH]c(OC)nc2n1.O=C(O)C(F)(F)F. The number of halogens is 3. The highest BCUT2D eigenvalue weighted by Gasteiger charge is 2.38. The van der Waals surface area contributed by atoms with Crippen molar-refractivity contribution in [1.82, 2.24) is 19.9 Å². The highest BCUT2D eigenvalue weighted by Crippen LogP contribution is 2.21. The van der Waals surface area contributed by atoms with Crippen LogP contribution in [0.5, 0.6) is 12.0 Å². The van der Waals surface area contributed by atoms with Gasteiger partial charge in [0.05, 0.1) is 13.2 Å². The molecule has 0 saturated carbocycles. The Morgan fingerprint density at radius 1 is 1.35 bits per heavy atom. The van der Waals surface area contributed by atoms with Crippen LogP contribution in [0.1, 0.15) is 33.1 Å². The Morgan fingerprint density at radius 3 is 2.46 bits per heavy atom. The molecule has 4 N–H and O–H groups in total. The molecule has 12 heteroatoms. The Balaban J connectivity index is 0.000000412. The number of aliphatic carboxylic acids is 1. The summed E-state index contributed by atoms with van der Waals surface area (Å²) in [6, 6.07) is 0.606. The van der Waals surface area contributed by atoms with E-state index in [-0.39, 0.29) is 12.1 Å². The number of nitrogens with two attached hydrogens (primary N) is 1. The van der Waals surface area contributed by atoms with Gasteiger partial charge >= 0.3 is 18.2 Å². The van der Waals surface area contributed by atoms with Crippen molar-refractivity contribution < 1.29 is 32.5 Å². The second-order valence-corrected chi connectivity index (χ2v) is 5.21. The van der Waals surface area contributed by atoms with Crippen molar-refractivity contribution in [3.8, 4) is 12.0 Å². The molecule has 2 aromatic heterocycles. The van der Waals surface area contributed by atoms with E-state index in [0.29, 0.717) is 23.0 Å². The van der Waals surface area contributed by atoms with Crippen LogP contribution in [0.15, 0.2) is 0 Å². The Bertz CT molecular complexity index is 735. The third-order valence-electron chi connectivity index (χ3n) is 3.04. The number of nitrogen functional groups attached to an aromatic ring is 1. The van der Waals surface area contributed by atoms with Gasteiger partial charge in [0.2, 0.25) is 0 Å². The van der Waals surface area contributed by atoms with Gasteiger partial charge in [-0.15, -0.1) is 0 Å². The van der Waals surface area contributed by atoms with Gasteiger partial charge in [-0.25, -0.2) is 4.79 Å². The first kappa shape index (κ1) is 21.3. The highest BCUT2D eigenvalue weighted by molar-refractivity contribution is 5.82. The summed E-state index contributed by atoms with van der Waals surface area (Å²) in [7, 11) is 1.52. The molecular weight excluding hydrogens is 359 g/mol. The number of carboxylic acids is 1. The summed E-state index contributed by atoms with van der Waals surface area (Å²) in [5, 5.41) is 7.12. The monoisotopic (exact) mass is 379 g/mol. The standard InChI is InChI=1S/C12H19N5O2.C2HF3O2/c1-4-5-6-7(2)19-12-15-9(13)8-10(17-12)16-11(14-8)18-3;3-2(4,5)1(6)7/h7H,4-6H2,1-3H3,(H3,13,14,15,16,17);(H,6,7)/t7-;/m0./s1. The number of aromatic nitrogens is 4. The molecule has 9 nitrogen and oxygen atoms in total. The number of nitrogens with one attached hydrogen (secondary N) is 1. The molecule has 0 aliphatic rings. The van der Waals surface area contributed by atoms with Gasteiger partial charge in [-0.2, -0.15) is 28.1 Å². The number of alkyl halides is 3.